The molecule has 0 saturated carbocycles. The van der Waals surface area contributed by atoms with Crippen molar-refractivity contribution >= 4 is 47.2 Å². The van der Waals surface area contributed by atoms with Gasteiger partial charge in [-0.2, -0.15) is 0 Å². The summed E-state index contributed by atoms with van der Waals surface area (Å²) < 4.78 is 0.175. The van der Waals surface area contributed by atoms with E-state index >= 15 is 0 Å². The quantitative estimate of drug-likeness (QED) is 0.486. The summed E-state index contributed by atoms with van der Waals surface area (Å²) in [7, 11) is 0. The van der Waals surface area contributed by atoms with Gasteiger partial charge in [0.1, 0.15) is 0 Å². The minimum absolute atomic E-state index is 0.0934. The van der Waals surface area contributed by atoms with Gasteiger partial charge < -0.3 is 4.98 Å². The number of rotatable bonds is 2. The Morgan fingerprint density at radius 2 is 2.00 bits per heavy atom. The molecule has 1 fully saturated rings. The van der Waals surface area contributed by atoms with Crippen LogP contribution in [0.2, 0.25) is 0 Å². The van der Waals surface area contributed by atoms with Gasteiger partial charge in [-0.3, -0.25) is 0 Å². The second kappa shape index (κ2) is 5.91. The lowest BCUT2D eigenvalue weighted by atomic mass is 10.2. The Balaban J connectivity index is 0.000000181. The SMILES string of the molecule is CC1(C)SC1(Cl)Cl.CCCc1ccnc(=S)[nH]1. The smallest absolute Gasteiger partial charge is 0.196 e. The molecule has 0 unspecified atom stereocenters. The maximum absolute atomic E-state index is 5.66. The summed E-state index contributed by atoms with van der Waals surface area (Å²) in [6.45, 7) is 6.19. The first-order valence-corrected chi connectivity index (χ1v) is 7.39. The number of alkyl halides is 2. The molecular formula is C11H16Cl2N2S2. The van der Waals surface area contributed by atoms with Gasteiger partial charge in [0.2, 0.25) is 0 Å². The Labute approximate surface area is 122 Å². The van der Waals surface area contributed by atoms with Crippen LogP contribution < -0.4 is 0 Å². The molecule has 1 aliphatic heterocycles. The molecule has 0 aliphatic carbocycles. The van der Waals surface area contributed by atoms with Crippen LogP contribution in [0.3, 0.4) is 0 Å². The van der Waals surface area contributed by atoms with Gasteiger partial charge in [0.05, 0.1) is 4.75 Å². The first-order valence-electron chi connectivity index (χ1n) is 5.40. The minimum Gasteiger partial charge on any atom is -0.335 e. The fourth-order valence-corrected chi connectivity index (χ4v) is 3.06. The predicted molar refractivity (Wildman–Crippen MR) is 79.5 cm³/mol. The van der Waals surface area contributed by atoms with E-state index in [1.165, 1.54) is 5.69 Å². The lowest BCUT2D eigenvalue weighted by Crippen LogP contribution is -2.04. The fraction of sp³-hybridized carbons (Fsp3) is 0.636. The average Bonchev–Trinajstić information content (AvgIpc) is 2.63. The number of thioether (sulfide) groups is 1. The van der Waals surface area contributed by atoms with Gasteiger partial charge in [-0.15, -0.1) is 11.8 Å². The Morgan fingerprint density at radius 1 is 1.47 bits per heavy atom. The van der Waals surface area contributed by atoms with E-state index in [2.05, 4.69) is 16.9 Å². The van der Waals surface area contributed by atoms with Crippen LogP contribution >= 0.6 is 47.2 Å². The standard InChI is InChI=1S/C7H10N2S.C4H6Cl2S/c1-2-3-6-4-5-8-7(10)9-6;1-3(2)4(5,6)7-3/h4-5H,2-3H2,1H3,(H,8,9,10);1-2H3. The zero-order valence-electron chi connectivity index (χ0n) is 10.1. The van der Waals surface area contributed by atoms with Crippen LogP contribution in [0.25, 0.3) is 0 Å². The number of hydrogen-bond donors (Lipinski definition) is 1. The number of aromatic amines is 1. The van der Waals surface area contributed by atoms with E-state index in [1.807, 2.05) is 19.9 Å². The highest BCUT2D eigenvalue weighted by molar-refractivity contribution is 8.12. The zero-order chi connectivity index (χ0) is 13.1. The lowest BCUT2D eigenvalue weighted by Gasteiger charge is -1.95. The first kappa shape index (κ1) is 15.3. The summed E-state index contributed by atoms with van der Waals surface area (Å²) in [5, 5.41) is 0. The highest BCUT2D eigenvalue weighted by Gasteiger charge is 2.61. The summed E-state index contributed by atoms with van der Waals surface area (Å²) in [4.78, 5) is 6.89. The number of aryl methyl sites for hydroxylation is 1. The minimum atomic E-state index is -0.493. The lowest BCUT2D eigenvalue weighted by molar-refractivity contribution is 0.841. The predicted octanol–water partition coefficient (Wildman–Crippen LogP) is 4.73. The number of aromatic nitrogens is 2. The Morgan fingerprint density at radius 3 is 2.35 bits per heavy atom. The molecule has 2 heterocycles. The molecule has 0 spiro atoms. The normalized spacial score (nSPS) is 19.1. The number of hydrogen-bond acceptors (Lipinski definition) is 3. The third-order valence-corrected chi connectivity index (χ3v) is 5.52. The van der Waals surface area contributed by atoms with Crippen molar-refractivity contribution in [2.45, 2.75) is 42.0 Å². The van der Waals surface area contributed by atoms with Crippen molar-refractivity contribution in [2.24, 2.45) is 0 Å². The fourth-order valence-electron chi connectivity index (χ4n) is 1.12. The van der Waals surface area contributed by atoms with Crippen molar-refractivity contribution in [3.8, 4) is 0 Å². The molecule has 2 nitrogen and oxygen atoms in total. The van der Waals surface area contributed by atoms with Crippen molar-refractivity contribution in [3.63, 3.8) is 0 Å². The van der Waals surface area contributed by atoms with Gasteiger partial charge in [-0.05, 0) is 38.6 Å². The maximum Gasteiger partial charge on any atom is 0.196 e. The number of halogens is 2. The molecule has 0 atom stereocenters. The van der Waals surface area contributed by atoms with Crippen molar-refractivity contribution in [1.29, 1.82) is 0 Å². The monoisotopic (exact) mass is 310 g/mol. The van der Waals surface area contributed by atoms with Gasteiger partial charge in [-0.25, -0.2) is 4.98 Å². The van der Waals surface area contributed by atoms with Crippen LogP contribution in [-0.2, 0) is 6.42 Å². The van der Waals surface area contributed by atoms with Crippen LogP contribution in [0.1, 0.15) is 32.9 Å². The molecule has 0 radical (unpaired) electrons. The third kappa shape index (κ3) is 4.78. The molecule has 96 valence electrons. The molecule has 2 rings (SSSR count). The van der Waals surface area contributed by atoms with E-state index in [9.17, 15) is 0 Å². The topological polar surface area (TPSA) is 28.7 Å². The molecule has 1 saturated heterocycles. The van der Waals surface area contributed by atoms with E-state index in [-0.39, 0.29) is 4.75 Å². The number of nitrogens with one attached hydrogen (secondary N) is 1. The summed E-state index contributed by atoms with van der Waals surface area (Å²) in [6.07, 6.45) is 3.92. The van der Waals surface area contributed by atoms with E-state index in [0.717, 1.165) is 12.8 Å². The Bertz CT molecular complexity index is 417. The highest BCUT2D eigenvalue weighted by atomic mass is 35.5. The molecule has 1 aromatic rings. The van der Waals surface area contributed by atoms with E-state index in [0.29, 0.717) is 4.77 Å². The molecule has 0 aromatic carbocycles. The summed E-state index contributed by atoms with van der Waals surface area (Å²) in [5.74, 6) is 0. The van der Waals surface area contributed by atoms with Gasteiger partial charge in [0.25, 0.3) is 0 Å². The molecule has 1 aromatic heterocycles. The van der Waals surface area contributed by atoms with Crippen LogP contribution in [0.15, 0.2) is 12.3 Å². The molecule has 1 N–H and O–H groups in total. The van der Waals surface area contributed by atoms with Crippen LogP contribution in [0, 0.1) is 4.77 Å². The van der Waals surface area contributed by atoms with Crippen molar-refractivity contribution in [2.75, 3.05) is 0 Å². The molecule has 0 bridgehead atoms. The zero-order valence-corrected chi connectivity index (χ0v) is 13.2. The van der Waals surface area contributed by atoms with Crippen molar-refractivity contribution in [3.05, 3.63) is 22.7 Å². The molecule has 0 amide bonds. The molecule has 1 aliphatic rings. The van der Waals surface area contributed by atoms with E-state index in [1.54, 1.807) is 18.0 Å². The first-order chi connectivity index (χ1) is 7.78. The van der Waals surface area contributed by atoms with Gasteiger partial charge in [0.15, 0.2) is 8.44 Å². The number of nitrogens with zero attached hydrogens (tertiary/aromatic N) is 1. The number of H-pyrrole nitrogens is 1. The summed E-state index contributed by atoms with van der Waals surface area (Å²) in [6, 6.07) is 1.96. The van der Waals surface area contributed by atoms with Gasteiger partial charge in [-0.1, -0.05) is 36.5 Å². The maximum atomic E-state index is 5.66. The summed E-state index contributed by atoms with van der Waals surface area (Å²) in [5.41, 5.74) is 1.17. The second-order valence-electron chi connectivity index (χ2n) is 4.28. The van der Waals surface area contributed by atoms with Crippen LogP contribution in [0.4, 0.5) is 0 Å². The highest BCUT2D eigenvalue weighted by Crippen LogP contribution is 2.68. The van der Waals surface area contributed by atoms with Crippen molar-refractivity contribution < 1.29 is 0 Å². The molecule has 6 heteroatoms. The second-order valence-corrected chi connectivity index (χ2v) is 8.28. The average molecular weight is 311 g/mol. The largest absolute Gasteiger partial charge is 0.335 e. The van der Waals surface area contributed by atoms with Crippen LogP contribution in [-0.4, -0.2) is 18.4 Å². The Kier molecular flexibility index (Phi) is 5.32. The van der Waals surface area contributed by atoms with E-state index < -0.39 is 3.67 Å². The molecular weight excluding hydrogens is 295 g/mol. The Hall–Kier alpha value is 0.230. The van der Waals surface area contributed by atoms with E-state index in [4.69, 9.17) is 35.4 Å². The van der Waals surface area contributed by atoms with Gasteiger partial charge in [0, 0.05) is 11.9 Å². The van der Waals surface area contributed by atoms with Crippen molar-refractivity contribution in [1.82, 2.24) is 9.97 Å². The summed E-state index contributed by atoms with van der Waals surface area (Å²) >= 11 is 17.8. The molecule has 17 heavy (non-hydrogen) atoms. The third-order valence-electron chi connectivity index (χ3n) is 2.30. The van der Waals surface area contributed by atoms with Gasteiger partial charge >= 0.3 is 0 Å². The van der Waals surface area contributed by atoms with Crippen LogP contribution in [0.5, 0.6) is 0 Å².